The van der Waals surface area contributed by atoms with Gasteiger partial charge in [0.15, 0.2) is 6.10 Å². The number of benzene rings is 2. The molecule has 3 rings (SSSR count). The van der Waals surface area contributed by atoms with E-state index in [-0.39, 0.29) is 23.9 Å². The van der Waals surface area contributed by atoms with Crippen molar-refractivity contribution in [3.8, 4) is 5.75 Å². The minimum absolute atomic E-state index is 0.132. The van der Waals surface area contributed by atoms with Gasteiger partial charge in [-0.3, -0.25) is 4.79 Å². The van der Waals surface area contributed by atoms with Crippen molar-refractivity contribution in [1.82, 2.24) is 9.21 Å². The van der Waals surface area contributed by atoms with E-state index in [9.17, 15) is 13.2 Å². The molecule has 150 valence electrons. The van der Waals surface area contributed by atoms with Crippen LogP contribution in [-0.4, -0.2) is 55.8 Å². The maximum Gasteiger partial charge on any atom is 0.263 e. The summed E-state index contributed by atoms with van der Waals surface area (Å²) in [6, 6.07) is 14.4. The molecule has 1 unspecified atom stereocenters. The third-order valence-corrected chi connectivity index (χ3v) is 6.80. The van der Waals surface area contributed by atoms with Gasteiger partial charge in [0.2, 0.25) is 10.0 Å². The van der Waals surface area contributed by atoms with Gasteiger partial charge in [-0.05, 0) is 45.0 Å². The smallest absolute Gasteiger partial charge is 0.263 e. The van der Waals surface area contributed by atoms with Gasteiger partial charge in [0.1, 0.15) is 5.75 Å². The second kappa shape index (κ2) is 8.32. The summed E-state index contributed by atoms with van der Waals surface area (Å²) in [7, 11) is -3.54. The second-order valence-electron chi connectivity index (χ2n) is 7.12. The van der Waals surface area contributed by atoms with Crippen molar-refractivity contribution in [2.24, 2.45) is 0 Å². The number of hydrogen-bond donors (Lipinski definition) is 0. The van der Waals surface area contributed by atoms with Gasteiger partial charge in [-0.15, -0.1) is 0 Å². The summed E-state index contributed by atoms with van der Waals surface area (Å²) >= 11 is 0. The summed E-state index contributed by atoms with van der Waals surface area (Å²) in [5.41, 5.74) is 2.13. The normalized spacial score (nSPS) is 16.6. The van der Waals surface area contributed by atoms with E-state index in [1.54, 1.807) is 36.1 Å². The molecule has 1 aliphatic heterocycles. The van der Waals surface area contributed by atoms with Crippen LogP contribution < -0.4 is 4.74 Å². The van der Waals surface area contributed by atoms with Gasteiger partial charge in [-0.25, -0.2) is 8.42 Å². The third kappa shape index (κ3) is 4.54. The molecule has 6 nitrogen and oxygen atoms in total. The highest BCUT2D eigenvalue weighted by atomic mass is 32.2. The summed E-state index contributed by atoms with van der Waals surface area (Å²) in [5.74, 6) is 0.514. The Balaban J connectivity index is 1.58. The van der Waals surface area contributed by atoms with E-state index in [0.717, 1.165) is 11.1 Å². The quantitative estimate of drug-likeness (QED) is 0.771. The number of sulfonamides is 1. The Bertz CT molecular complexity index is 916. The molecular weight excluding hydrogens is 376 g/mol. The zero-order valence-corrected chi connectivity index (χ0v) is 17.3. The summed E-state index contributed by atoms with van der Waals surface area (Å²) < 4.78 is 32.7. The first kappa shape index (κ1) is 20.4. The van der Waals surface area contributed by atoms with Crippen LogP contribution in [0.1, 0.15) is 18.1 Å². The Kier molecular flexibility index (Phi) is 6.05. The van der Waals surface area contributed by atoms with Crippen LogP contribution in [0.2, 0.25) is 0 Å². The van der Waals surface area contributed by atoms with E-state index >= 15 is 0 Å². The lowest BCUT2D eigenvalue weighted by Crippen LogP contribution is -2.53. The van der Waals surface area contributed by atoms with E-state index in [1.807, 2.05) is 38.1 Å². The van der Waals surface area contributed by atoms with E-state index in [0.29, 0.717) is 18.8 Å². The fourth-order valence-corrected chi connectivity index (χ4v) is 4.56. The topological polar surface area (TPSA) is 66.9 Å². The molecule has 1 heterocycles. The molecule has 0 aromatic heterocycles. The van der Waals surface area contributed by atoms with Crippen molar-refractivity contribution < 1.29 is 17.9 Å². The molecule has 28 heavy (non-hydrogen) atoms. The van der Waals surface area contributed by atoms with Gasteiger partial charge < -0.3 is 9.64 Å². The number of rotatable bonds is 5. The van der Waals surface area contributed by atoms with Crippen LogP contribution in [0.4, 0.5) is 0 Å². The average Bonchev–Trinajstić information content (AvgIpc) is 2.69. The van der Waals surface area contributed by atoms with E-state index in [4.69, 9.17) is 4.74 Å². The van der Waals surface area contributed by atoms with Crippen LogP contribution in [0.15, 0.2) is 53.4 Å². The van der Waals surface area contributed by atoms with Gasteiger partial charge in [-0.2, -0.15) is 4.31 Å². The number of amides is 1. The predicted octanol–water partition coefficient (Wildman–Crippen LogP) is 2.60. The monoisotopic (exact) mass is 402 g/mol. The maximum atomic E-state index is 12.8. The highest BCUT2D eigenvalue weighted by Gasteiger charge is 2.31. The molecule has 0 spiro atoms. The number of piperazine rings is 1. The molecular formula is C21H26N2O4S. The van der Waals surface area contributed by atoms with Crippen LogP contribution in [0.3, 0.4) is 0 Å². The van der Waals surface area contributed by atoms with E-state index in [1.165, 1.54) is 4.31 Å². The number of carbonyl (C=O) groups excluding carboxylic acids is 1. The van der Waals surface area contributed by atoms with Gasteiger partial charge >= 0.3 is 0 Å². The standard InChI is InChI=1S/C21H26N2O4S/c1-16-4-8-19(9-5-16)27-18(3)21(24)22-12-14-23(15-13-22)28(25,26)20-10-6-17(2)7-11-20/h4-11,18H,12-15H2,1-3H3. The van der Waals surface area contributed by atoms with Gasteiger partial charge in [-0.1, -0.05) is 35.4 Å². The summed E-state index contributed by atoms with van der Waals surface area (Å²) in [4.78, 5) is 14.6. The van der Waals surface area contributed by atoms with E-state index < -0.39 is 16.1 Å². The molecule has 2 aromatic carbocycles. The Morgan fingerprint density at radius 2 is 1.39 bits per heavy atom. The molecule has 0 aliphatic carbocycles. The van der Waals surface area contributed by atoms with Crippen molar-refractivity contribution >= 4 is 15.9 Å². The largest absolute Gasteiger partial charge is 0.481 e. The van der Waals surface area contributed by atoms with Gasteiger partial charge in [0, 0.05) is 26.2 Å². The summed E-state index contributed by atoms with van der Waals surface area (Å²) in [6.07, 6.45) is -0.622. The molecule has 2 aromatic rings. The van der Waals surface area contributed by atoms with Crippen LogP contribution in [-0.2, 0) is 14.8 Å². The van der Waals surface area contributed by atoms with Crippen molar-refractivity contribution in [2.45, 2.75) is 31.8 Å². The lowest BCUT2D eigenvalue weighted by Gasteiger charge is -2.35. The van der Waals surface area contributed by atoms with Crippen molar-refractivity contribution in [1.29, 1.82) is 0 Å². The summed E-state index contributed by atoms with van der Waals surface area (Å²) in [5, 5.41) is 0. The van der Waals surface area contributed by atoms with Crippen molar-refractivity contribution in [2.75, 3.05) is 26.2 Å². The highest BCUT2D eigenvalue weighted by Crippen LogP contribution is 2.19. The molecule has 1 fully saturated rings. The first-order valence-electron chi connectivity index (χ1n) is 9.36. The van der Waals surface area contributed by atoms with Crippen LogP contribution >= 0.6 is 0 Å². The Morgan fingerprint density at radius 3 is 1.93 bits per heavy atom. The molecule has 7 heteroatoms. The Labute approximate surface area is 166 Å². The lowest BCUT2D eigenvalue weighted by molar-refractivity contribution is -0.139. The maximum absolute atomic E-state index is 12.8. The number of ether oxygens (including phenoxy) is 1. The third-order valence-electron chi connectivity index (χ3n) is 4.89. The minimum Gasteiger partial charge on any atom is -0.481 e. The van der Waals surface area contributed by atoms with Crippen molar-refractivity contribution in [3.63, 3.8) is 0 Å². The highest BCUT2D eigenvalue weighted by molar-refractivity contribution is 7.89. The van der Waals surface area contributed by atoms with Crippen molar-refractivity contribution in [3.05, 3.63) is 59.7 Å². The van der Waals surface area contributed by atoms with E-state index in [2.05, 4.69) is 0 Å². The first-order chi connectivity index (χ1) is 13.3. The molecule has 1 saturated heterocycles. The first-order valence-corrected chi connectivity index (χ1v) is 10.8. The van der Waals surface area contributed by atoms with Gasteiger partial charge in [0.05, 0.1) is 4.90 Å². The zero-order chi connectivity index (χ0) is 20.3. The predicted molar refractivity (Wildman–Crippen MR) is 108 cm³/mol. The molecule has 0 N–H and O–H groups in total. The SMILES string of the molecule is Cc1ccc(OC(C)C(=O)N2CCN(S(=O)(=O)c3ccc(C)cc3)CC2)cc1. The number of nitrogens with zero attached hydrogens (tertiary/aromatic N) is 2. The van der Waals surface area contributed by atoms with Crippen LogP contribution in [0, 0.1) is 13.8 Å². The fraction of sp³-hybridized carbons (Fsp3) is 0.381. The van der Waals surface area contributed by atoms with Gasteiger partial charge in [0.25, 0.3) is 5.91 Å². The molecule has 1 aliphatic rings. The number of hydrogen-bond acceptors (Lipinski definition) is 4. The molecule has 0 saturated carbocycles. The van der Waals surface area contributed by atoms with Crippen LogP contribution in [0.5, 0.6) is 5.75 Å². The second-order valence-corrected chi connectivity index (χ2v) is 9.05. The fourth-order valence-electron chi connectivity index (χ4n) is 3.14. The van der Waals surface area contributed by atoms with Crippen LogP contribution in [0.25, 0.3) is 0 Å². The minimum atomic E-state index is -3.54. The average molecular weight is 403 g/mol. The Morgan fingerprint density at radius 1 is 0.893 bits per heavy atom. The Hall–Kier alpha value is -2.38. The molecule has 1 atom stereocenters. The molecule has 0 bridgehead atoms. The lowest BCUT2D eigenvalue weighted by atomic mass is 10.2. The molecule has 1 amide bonds. The zero-order valence-electron chi connectivity index (χ0n) is 16.5. The molecule has 0 radical (unpaired) electrons. The number of carbonyl (C=O) groups is 1. The number of aryl methyl sites for hydroxylation is 2. The summed E-state index contributed by atoms with van der Waals surface area (Å²) in [6.45, 7) is 6.89.